The molecular formula is C14H17N3O4. The van der Waals surface area contributed by atoms with Gasteiger partial charge in [0.1, 0.15) is 12.4 Å². The van der Waals surface area contributed by atoms with Gasteiger partial charge in [-0.05, 0) is 12.5 Å². The zero-order chi connectivity index (χ0) is 15.2. The van der Waals surface area contributed by atoms with Crippen molar-refractivity contribution in [1.29, 1.82) is 0 Å². The number of hydrogen-bond donors (Lipinski definition) is 0. The molecule has 0 bridgehead atoms. The van der Waals surface area contributed by atoms with Crippen molar-refractivity contribution in [3.63, 3.8) is 0 Å². The van der Waals surface area contributed by atoms with Gasteiger partial charge in [-0.1, -0.05) is 6.92 Å². The van der Waals surface area contributed by atoms with Crippen molar-refractivity contribution in [2.45, 2.75) is 26.5 Å². The molecule has 0 N–H and O–H groups in total. The quantitative estimate of drug-likeness (QED) is 0.579. The molecule has 0 aliphatic carbocycles. The molecule has 0 amide bonds. The Bertz CT molecular complexity index is 624. The van der Waals surface area contributed by atoms with Gasteiger partial charge in [-0.2, -0.15) is 5.10 Å². The Morgan fingerprint density at radius 2 is 2.24 bits per heavy atom. The van der Waals surface area contributed by atoms with Gasteiger partial charge in [0, 0.05) is 24.2 Å². The number of nitro benzene ring substituents is 1. The predicted octanol–water partition coefficient (Wildman–Crippen LogP) is 2.79. The van der Waals surface area contributed by atoms with Crippen LogP contribution in [0.3, 0.4) is 0 Å². The molecule has 0 saturated carbocycles. The molecule has 2 aromatic rings. The average Bonchev–Trinajstić information content (AvgIpc) is 2.92. The molecule has 7 heteroatoms. The summed E-state index contributed by atoms with van der Waals surface area (Å²) in [5.41, 5.74) is 0.631. The summed E-state index contributed by atoms with van der Waals surface area (Å²) in [7, 11) is 1.52. The maximum absolute atomic E-state index is 10.8. The number of methoxy groups -OCH3 is 1. The molecule has 0 spiro atoms. The molecule has 112 valence electrons. The van der Waals surface area contributed by atoms with Crippen molar-refractivity contribution in [1.82, 2.24) is 9.78 Å². The lowest BCUT2D eigenvalue weighted by molar-refractivity contribution is -0.385. The van der Waals surface area contributed by atoms with E-state index in [4.69, 9.17) is 9.47 Å². The third-order valence-electron chi connectivity index (χ3n) is 2.93. The van der Waals surface area contributed by atoms with E-state index in [1.54, 1.807) is 23.1 Å². The van der Waals surface area contributed by atoms with Crippen molar-refractivity contribution >= 4 is 5.69 Å². The lowest BCUT2D eigenvalue weighted by Crippen LogP contribution is -2.00. The normalized spacial score (nSPS) is 10.4. The molecule has 0 fully saturated rings. The Hall–Kier alpha value is -2.57. The van der Waals surface area contributed by atoms with Gasteiger partial charge in [-0.3, -0.25) is 14.8 Å². The highest BCUT2D eigenvalue weighted by Gasteiger charge is 2.12. The number of aryl methyl sites for hydroxylation is 1. The first-order chi connectivity index (χ1) is 10.1. The van der Waals surface area contributed by atoms with Crippen LogP contribution in [0.1, 0.15) is 18.9 Å². The molecule has 2 rings (SSSR count). The summed E-state index contributed by atoms with van der Waals surface area (Å²) in [5, 5.41) is 15.0. The fraction of sp³-hybridized carbons (Fsp3) is 0.357. The minimum atomic E-state index is -0.442. The van der Waals surface area contributed by atoms with Crippen LogP contribution in [0.25, 0.3) is 0 Å². The summed E-state index contributed by atoms with van der Waals surface area (Å²) in [6.45, 7) is 3.07. The van der Waals surface area contributed by atoms with E-state index in [1.807, 2.05) is 0 Å². The van der Waals surface area contributed by atoms with Crippen LogP contribution in [0.2, 0.25) is 0 Å². The summed E-state index contributed by atoms with van der Waals surface area (Å²) in [6.07, 6.45) is 4.41. The monoisotopic (exact) mass is 291 g/mol. The Morgan fingerprint density at radius 3 is 2.90 bits per heavy atom. The van der Waals surface area contributed by atoms with Crippen LogP contribution in [-0.4, -0.2) is 21.8 Å². The molecule has 1 aromatic heterocycles. The van der Waals surface area contributed by atoms with E-state index >= 15 is 0 Å². The molecule has 0 aliphatic heterocycles. The molecule has 0 unspecified atom stereocenters. The molecule has 1 heterocycles. The zero-order valence-corrected chi connectivity index (χ0v) is 12.0. The van der Waals surface area contributed by atoms with Crippen LogP contribution in [0.15, 0.2) is 30.6 Å². The molecule has 1 aromatic carbocycles. The minimum absolute atomic E-state index is 0.0103. The number of ether oxygens (including phenoxy) is 2. The van der Waals surface area contributed by atoms with Gasteiger partial charge < -0.3 is 9.47 Å². The number of nitro groups is 1. The van der Waals surface area contributed by atoms with Gasteiger partial charge in [0.05, 0.1) is 24.4 Å². The second-order valence-corrected chi connectivity index (χ2v) is 4.48. The summed E-state index contributed by atoms with van der Waals surface area (Å²) < 4.78 is 12.6. The highest BCUT2D eigenvalue weighted by Crippen LogP contribution is 2.25. The number of non-ortho nitro benzene ring substituents is 1. The third-order valence-corrected chi connectivity index (χ3v) is 2.93. The average molecular weight is 291 g/mol. The fourth-order valence-electron chi connectivity index (χ4n) is 1.92. The van der Waals surface area contributed by atoms with Crippen LogP contribution >= 0.6 is 0 Å². The van der Waals surface area contributed by atoms with Gasteiger partial charge >= 0.3 is 0 Å². The number of hydrogen-bond acceptors (Lipinski definition) is 5. The first kappa shape index (κ1) is 14.8. The molecule has 0 atom stereocenters. The first-order valence-electron chi connectivity index (χ1n) is 6.60. The van der Waals surface area contributed by atoms with E-state index in [0.717, 1.165) is 13.0 Å². The van der Waals surface area contributed by atoms with E-state index in [-0.39, 0.29) is 12.3 Å². The standard InChI is InChI=1S/C14H17N3O4/c1-3-6-16-9-13(8-15-16)21-10-11-7-12(17(18)19)4-5-14(11)20-2/h4-5,7-9H,3,6,10H2,1-2H3. The van der Waals surface area contributed by atoms with Gasteiger partial charge in [0.25, 0.3) is 5.69 Å². The van der Waals surface area contributed by atoms with Crippen molar-refractivity contribution < 1.29 is 14.4 Å². The summed E-state index contributed by atoms with van der Waals surface area (Å²) in [5.74, 6) is 1.18. The second-order valence-electron chi connectivity index (χ2n) is 4.48. The first-order valence-corrected chi connectivity index (χ1v) is 6.60. The smallest absolute Gasteiger partial charge is 0.270 e. The van der Waals surface area contributed by atoms with E-state index in [1.165, 1.54) is 19.2 Å². The van der Waals surface area contributed by atoms with Crippen LogP contribution in [0, 0.1) is 10.1 Å². The third kappa shape index (κ3) is 3.71. The number of aromatic nitrogens is 2. The predicted molar refractivity (Wildman–Crippen MR) is 76.5 cm³/mol. The topological polar surface area (TPSA) is 79.4 Å². The highest BCUT2D eigenvalue weighted by atomic mass is 16.6. The molecule has 21 heavy (non-hydrogen) atoms. The van der Waals surface area contributed by atoms with E-state index in [0.29, 0.717) is 17.1 Å². The van der Waals surface area contributed by atoms with Crippen molar-refractivity contribution in [2.75, 3.05) is 7.11 Å². The van der Waals surface area contributed by atoms with Gasteiger partial charge in [-0.25, -0.2) is 0 Å². The lowest BCUT2D eigenvalue weighted by atomic mass is 10.2. The molecule has 0 aliphatic rings. The summed E-state index contributed by atoms with van der Waals surface area (Å²) >= 11 is 0. The molecular weight excluding hydrogens is 274 g/mol. The summed E-state index contributed by atoms with van der Waals surface area (Å²) in [6, 6.07) is 4.42. The Labute approximate surface area is 122 Å². The zero-order valence-electron chi connectivity index (χ0n) is 12.0. The van der Waals surface area contributed by atoms with Crippen molar-refractivity contribution in [3.05, 3.63) is 46.3 Å². The second kappa shape index (κ2) is 6.74. The van der Waals surface area contributed by atoms with Gasteiger partial charge in [0.15, 0.2) is 5.75 Å². The molecule has 0 radical (unpaired) electrons. The van der Waals surface area contributed by atoms with Crippen molar-refractivity contribution in [3.8, 4) is 11.5 Å². The molecule has 7 nitrogen and oxygen atoms in total. The maximum atomic E-state index is 10.8. The van der Waals surface area contributed by atoms with E-state index in [9.17, 15) is 10.1 Å². The number of rotatable bonds is 7. The summed E-state index contributed by atoms with van der Waals surface area (Å²) in [4.78, 5) is 10.4. The Morgan fingerprint density at radius 1 is 1.43 bits per heavy atom. The van der Waals surface area contributed by atoms with E-state index in [2.05, 4.69) is 12.0 Å². The number of benzene rings is 1. The SMILES string of the molecule is CCCn1cc(OCc2cc([N+](=O)[O-])ccc2OC)cn1. The van der Waals surface area contributed by atoms with Crippen LogP contribution in [-0.2, 0) is 13.2 Å². The van der Waals surface area contributed by atoms with Gasteiger partial charge in [0.2, 0.25) is 0 Å². The van der Waals surface area contributed by atoms with Crippen LogP contribution in [0.4, 0.5) is 5.69 Å². The largest absolute Gasteiger partial charge is 0.496 e. The Kier molecular flexibility index (Phi) is 4.76. The maximum Gasteiger partial charge on any atom is 0.270 e. The van der Waals surface area contributed by atoms with Crippen LogP contribution < -0.4 is 9.47 Å². The number of nitrogens with zero attached hydrogens (tertiary/aromatic N) is 3. The van der Waals surface area contributed by atoms with E-state index < -0.39 is 4.92 Å². The highest BCUT2D eigenvalue weighted by molar-refractivity contribution is 5.43. The fourth-order valence-corrected chi connectivity index (χ4v) is 1.92. The molecule has 0 saturated heterocycles. The van der Waals surface area contributed by atoms with Crippen LogP contribution in [0.5, 0.6) is 11.5 Å². The lowest BCUT2D eigenvalue weighted by Gasteiger charge is -2.08. The van der Waals surface area contributed by atoms with Crippen molar-refractivity contribution in [2.24, 2.45) is 0 Å². The Balaban J connectivity index is 2.10. The van der Waals surface area contributed by atoms with Gasteiger partial charge in [-0.15, -0.1) is 0 Å². The minimum Gasteiger partial charge on any atom is -0.496 e.